The van der Waals surface area contributed by atoms with E-state index >= 15 is 0 Å². The summed E-state index contributed by atoms with van der Waals surface area (Å²) < 4.78 is 12.0. The van der Waals surface area contributed by atoms with Crippen LogP contribution in [0.2, 0.25) is 0 Å². The maximum Gasteiger partial charge on any atom is 0.306 e. The molecule has 0 atom stereocenters. The van der Waals surface area contributed by atoms with Crippen molar-refractivity contribution in [1.82, 2.24) is 4.90 Å². The minimum absolute atomic E-state index is 0.0310. The average molecular weight is 724 g/mol. The first-order chi connectivity index (χ1) is 25.1. The normalized spacial score (nSPS) is 11.8. The van der Waals surface area contributed by atoms with Crippen LogP contribution < -0.4 is 0 Å². The molecule has 51 heavy (non-hydrogen) atoms. The van der Waals surface area contributed by atoms with Crippen LogP contribution in [0.5, 0.6) is 0 Å². The maximum absolute atomic E-state index is 12.7. The monoisotopic (exact) mass is 724 g/mol. The van der Waals surface area contributed by atoms with Crippen LogP contribution in [0.1, 0.15) is 240 Å². The van der Waals surface area contributed by atoms with Gasteiger partial charge in [0.05, 0.1) is 6.61 Å². The molecule has 0 aliphatic rings. The van der Waals surface area contributed by atoms with Crippen molar-refractivity contribution in [2.75, 3.05) is 39.5 Å². The van der Waals surface area contributed by atoms with Crippen molar-refractivity contribution in [3.63, 3.8) is 0 Å². The van der Waals surface area contributed by atoms with Crippen molar-refractivity contribution in [1.29, 1.82) is 0 Å². The van der Waals surface area contributed by atoms with Crippen molar-refractivity contribution >= 4 is 5.97 Å². The highest BCUT2D eigenvalue weighted by molar-refractivity contribution is 5.69. The van der Waals surface area contributed by atoms with Gasteiger partial charge in [-0.15, -0.1) is 0 Å². The number of hydrogen-bond donors (Lipinski definition) is 1. The van der Waals surface area contributed by atoms with Crippen molar-refractivity contribution < 1.29 is 19.4 Å². The number of aliphatic hydroxyl groups is 1. The van der Waals surface area contributed by atoms with E-state index in [1.54, 1.807) is 0 Å². The van der Waals surface area contributed by atoms with Crippen LogP contribution in [-0.2, 0) is 14.3 Å². The molecule has 0 saturated carbocycles. The molecule has 0 fully saturated rings. The zero-order chi connectivity index (χ0) is 37.3. The predicted molar refractivity (Wildman–Crippen MR) is 223 cm³/mol. The van der Waals surface area contributed by atoms with Gasteiger partial charge in [-0.05, 0) is 76.8 Å². The summed E-state index contributed by atoms with van der Waals surface area (Å²) in [6, 6.07) is 0. The zero-order valence-electron chi connectivity index (χ0n) is 35.4. The number of nitrogens with zero attached hydrogens (tertiary/aromatic N) is 1. The van der Waals surface area contributed by atoms with Crippen LogP contribution in [0.3, 0.4) is 0 Å². The van der Waals surface area contributed by atoms with Crippen LogP contribution in [0, 0.1) is 5.92 Å². The molecule has 0 aromatic carbocycles. The van der Waals surface area contributed by atoms with E-state index in [0.29, 0.717) is 6.42 Å². The van der Waals surface area contributed by atoms with E-state index in [4.69, 9.17) is 9.47 Å². The summed E-state index contributed by atoms with van der Waals surface area (Å²) in [5.74, 6) is 0.901. The standard InChI is InChI=1S/C46H93NO4/c1-5-9-13-15-20-26-34-45(35-27-21-16-14-10-6-2)51-46(49)36-28-22-19-24-30-39-47(40-41-48)38-29-23-17-18-25-31-42-50-43-37-44(32-11-7-3)33-12-8-4/h44-45,48H,5-43H2,1-4H3. The average Bonchev–Trinajstić information content (AvgIpc) is 3.13. The third-order valence-corrected chi connectivity index (χ3v) is 10.9. The third-order valence-electron chi connectivity index (χ3n) is 10.9. The molecule has 1 N–H and O–H groups in total. The molecule has 0 aliphatic carbocycles. The number of hydrogen-bond acceptors (Lipinski definition) is 5. The van der Waals surface area contributed by atoms with Gasteiger partial charge in [-0.2, -0.15) is 0 Å². The second-order valence-electron chi connectivity index (χ2n) is 16.0. The van der Waals surface area contributed by atoms with E-state index in [1.807, 2.05) is 0 Å². The lowest BCUT2D eigenvalue weighted by Gasteiger charge is -2.21. The van der Waals surface area contributed by atoms with Gasteiger partial charge in [0.15, 0.2) is 0 Å². The summed E-state index contributed by atoms with van der Waals surface area (Å²) in [5, 5.41) is 9.58. The highest BCUT2D eigenvalue weighted by atomic mass is 16.5. The van der Waals surface area contributed by atoms with Gasteiger partial charge in [-0.1, -0.05) is 175 Å². The summed E-state index contributed by atoms with van der Waals surface area (Å²) in [4.78, 5) is 15.2. The van der Waals surface area contributed by atoms with E-state index in [0.717, 1.165) is 64.4 Å². The topological polar surface area (TPSA) is 59.0 Å². The largest absolute Gasteiger partial charge is 0.462 e. The molecule has 0 radical (unpaired) electrons. The van der Waals surface area contributed by atoms with Crippen LogP contribution >= 0.6 is 0 Å². The Morgan fingerprint density at radius 3 is 1.43 bits per heavy atom. The van der Waals surface area contributed by atoms with Gasteiger partial charge in [-0.25, -0.2) is 0 Å². The van der Waals surface area contributed by atoms with Gasteiger partial charge < -0.3 is 19.5 Å². The Kier molecular flexibility index (Phi) is 41.6. The van der Waals surface area contributed by atoms with Crippen molar-refractivity contribution in [3.05, 3.63) is 0 Å². The molecule has 0 aromatic heterocycles. The van der Waals surface area contributed by atoms with Gasteiger partial charge in [0.25, 0.3) is 0 Å². The van der Waals surface area contributed by atoms with Gasteiger partial charge in [0.1, 0.15) is 6.10 Å². The molecule has 5 heteroatoms. The number of unbranched alkanes of at least 4 members (excludes halogenated alkanes) is 21. The Morgan fingerprint density at radius 2 is 0.922 bits per heavy atom. The zero-order valence-corrected chi connectivity index (χ0v) is 35.4. The lowest BCUT2D eigenvalue weighted by atomic mass is 9.93. The molecule has 0 rings (SSSR count). The smallest absolute Gasteiger partial charge is 0.306 e. The first kappa shape index (κ1) is 50.4. The lowest BCUT2D eigenvalue weighted by molar-refractivity contribution is -0.150. The number of aliphatic hydroxyl groups excluding tert-OH is 1. The summed E-state index contributed by atoms with van der Waals surface area (Å²) >= 11 is 0. The molecular weight excluding hydrogens is 631 g/mol. The Labute approximate surface area is 320 Å². The molecule has 0 aliphatic heterocycles. The highest BCUT2D eigenvalue weighted by Gasteiger charge is 2.14. The van der Waals surface area contributed by atoms with Crippen molar-refractivity contribution in [2.45, 2.75) is 246 Å². The molecule has 0 amide bonds. The lowest BCUT2D eigenvalue weighted by Crippen LogP contribution is -2.29. The number of carbonyl (C=O) groups is 1. The Balaban J connectivity index is 3.96. The molecule has 306 valence electrons. The van der Waals surface area contributed by atoms with E-state index < -0.39 is 0 Å². The number of rotatable bonds is 43. The maximum atomic E-state index is 12.7. The molecule has 0 heterocycles. The molecule has 5 nitrogen and oxygen atoms in total. The van der Waals surface area contributed by atoms with Gasteiger partial charge in [0.2, 0.25) is 0 Å². The first-order valence-electron chi connectivity index (χ1n) is 23.2. The van der Waals surface area contributed by atoms with Crippen LogP contribution in [0.25, 0.3) is 0 Å². The number of esters is 1. The first-order valence-corrected chi connectivity index (χ1v) is 23.2. The fraction of sp³-hybridized carbons (Fsp3) is 0.978. The van der Waals surface area contributed by atoms with Crippen LogP contribution in [0.15, 0.2) is 0 Å². The predicted octanol–water partition coefficient (Wildman–Crippen LogP) is 13.8. The molecular formula is C46H93NO4. The molecule has 0 unspecified atom stereocenters. The third kappa shape index (κ3) is 37.5. The Morgan fingerprint density at radius 1 is 0.471 bits per heavy atom. The Bertz CT molecular complexity index is 650. The fourth-order valence-corrected chi connectivity index (χ4v) is 7.44. The number of carbonyl (C=O) groups excluding carboxylic acids is 1. The summed E-state index contributed by atoms with van der Waals surface area (Å²) in [6.07, 6.45) is 40.9. The Hall–Kier alpha value is -0.650. The van der Waals surface area contributed by atoms with Crippen LogP contribution in [-0.4, -0.2) is 61.5 Å². The van der Waals surface area contributed by atoms with Crippen molar-refractivity contribution in [3.8, 4) is 0 Å². The summed E-state index contributed by atoms with van der Waals surface area (Å²) in [6.45, 7) is 14.2. The quantitative estimate of drug-likeness (QED) is 0.0501. The summed E-state index contributed by atoms with van der Waals surface area (Å²) in [7, 11) is 0. The van der Waals surface area contributed by atoms with Gasteiger partial charge in [0, 0.05) is 26.2 Å². The van der Waals surface area contributed by atoms with Gasteiger partial charge >= 0.3 is 5.97 Å². The van der Waals surface area contributed by atoms with Crippen LogP contribution in [0.4, 0.5) is 0 Å². The molecule has 0 bridgehead atoms. The summed E-state index contributed by atoms with van der Waals surface area (Å²) in [5.41, 5.74) is 0. The molecule has 0 saturated heterocycles. The second-order valence-corrected chi connectivity index (χ2v) is 16.0. The van der Waals surface area contributed by atoms with E-state index in [9.17, 15) is 9.90 Å². The van der Waals surface area contributed by atoms with E-state index in [-0.39, 0.29) is 18.7 Å². The van der Waals surface area contributed by atoms with Crippen molar-refractivity contribution in [2.24, 2.45) is 5.92 Å². The van der Waals surface area contributed by atoms with E-state index in [2.05, 4.69) is 32.6 Å². The highest BCUT2D eigenvalue weighted by Crippen LogP contribution is 2.21. The minimum atomic E-state index is 0.0310. The molecule has 0 spiro atoms. The SMILES string of the molecule is CCCCCCCCC(CCCCCCCC)OC(=O)CCCCCCCN(CCO)CCCCCCCCOCCC(CCCC)CCCC. The molecule has 0 aromatic rings. The van der Waals surface area contributed by atoms with E-state index in [1.165, 1.54) is 180 Å². The fourth-order valence-electron chi connectivity index (χ4n) is 7.44. The minimum Gasteiger partial charge on any atom is -0.462 e. The van der Waals surface area contributed by atoms with Gasteiger partial charge in [-0.3, -0.25) is 4.79 Å². The number of ether oxygens (including phenoxy) is 2. The second kappa shape index (κ2) is 42.1.